The molecule has 0 bridgehead atoms. The molecule has 0 aromatic heterocycles. The first-order chi connectivity index (χ1) is 2.50. The second-order valence-electron chi connectivity index (χ2n) is 0.770. The summed E-state index contributed by atoms with van der Waals surface area (Å²) in [6.07, 6.45) is 1.43. The topological polar surface area (TPSA) is 38.2 Å². The van der Waals surface area contributed by atoms with Gasteiger partial charge in [-0.15, -0.1) is 0 Å². The first-order valence-electron chi connectivity index (χ1n) is 1.45. The van der Waals surface area contributed by atoms with Gasteiger partial charge in [-0.25, -0.2) is 0 Å². The molecule has 36 valence electrons. The van der Waals surface area contributed by atoms with Crippen LogP contribution in [0.25, 0.3) is 0 Å². The summed E-state index contributed by atoms with van der Waals surface area (Å²) in [5.41, 5.74) is 1.71. The highest BCUT2D eigenvalue weighted by molar-refractivity contribution is 5.45. The predicted molar refractivity (Wildman–Crippen MR) is 16.4 cm³/mol. The molecular formula is C2H5ClN2O. The Morgan fingerprint density at radius 1 is 1.83 bits per heavy atom. The van der Waals surface area contributed by atoms with Crippen LogP contribution in [0.1, 0.15) is 0 Å². The molecule has 4 heteroatoms. The lowest BCUT2D eigenvalue weighted by Gasteiger charge is -1.73. The Morgan fingerprint density at radius 3 is 2.83 bits per heavy atom. The van der Waals surface area contributed by atoms with Crippen LogP contribution in [0.15, 0.2) is 5.10 Å². The molecule has 0 atom stereocenters. The molecule has 1 rings (SSSR count). The molecule has 2 N–H and O–H groups in total. The van der Waals surface area contributed by atoms with Gasteiger partial charge in [0.15, 0.2) is 0 Å². The van der Waals surface area contributed by atoms with Crippen molar-refractivity contribution < 1.29 is 22.6 Å². The molecule has 0 spiro atoms. The van der Waals surface area contributed by atoms with Crippen molar-refractivity contribution in [2.75, 3.05) is 6.73 Å². The Labute approximate surface area is 41.8 Å². The third-order valence-corrected chi connectivity index (χ3v) is 0.412. The minimum atomic E-state index is 0. The molecule has 0 saturated heterocycles. The summed E-state index contributed by atoms with van der Waals surface area (Å²) in [6, 6.07) is 0. The maximum Gasteiger partial charge on any atom is 0.246 e. The lowest BCUT2D eigenvalue weighted by atomic mass is 11.3. The Bertz CT molecular complexity index is 49.5. The van der Waals surface area contributed by atoms with E-state index in [1.54, 1.807) is 5.43 Å². The molecule has 1 aliphatic heterocycles. The number of quaternary nitrogens is 1. The van der Waals surface area contributed by atoms with Gasteiger partial charge in [0.05, 0.1) is 0 Å². The standard InChI is InChI=1S/C2H4N2O.ClH/c1-3-4-2-5-1;/h1,4H,2H2;1H. The number of nitrogens with two attached hydrogens (primary N) is 1. The molecule has 3 nitrogen and oxygen atoms in total. The van der Waals surface area contributed by atoms with E-state index in [1.165, 1.54) is 6.40 Å². The van der Waals surface area contributed by atoms with Gasteiger partial charge >= 0.3 is 0 Å². The van der Waals surface area contributed by atoms with Crippen molar-refractivity contribution in [3.63, 3.8) is 0 Å². The summed E-state index contributed by atoms with van der Waals surface area (Å²) >= 11 is 0. The van der Waals surface area contributed by atoms with Gasteiger partial charge in [0.1, 0.15) is 0 Å². The van der Waals surface area contributed by atoms with Crippen LogP contribution < -0.4 is 17.8 Å². The van der Waals surface area contributed by atoms with Gasteiger partial charge in [-0.2, -0.15) is 5.43 Å². The molecule has 1 aliphatic rings. The van der Waals surface area contributed by atoms with Crippen molar-refractivity contribution in [2.24, 2.45) is 5.10 Å². The van der Waals surface area contributed by atoms with E-state index >= 15 is 0 Å². The average Bonchev–Trinajstić information content (AvgIpc) is 1.76. The highest BCUT2D eigenvalue weighted by Gasteiger charge is 1.87. The lowest BCUT2D eigenvalue weighted by molar-refractivity contribution is -0.672. The van der Waals surface area contributed by atoms with Crippen molar-refractivity contribution in [3.8, 4) is 0 Å². The fourth-order valence-electron chi connectivity index (χ4n) is 0.215. The van der Waals surface area contributed by atoms with E-state index in [9.17, 15) is 0 Å². The fraction of sp³-hybridized carbons (Fsp3) is 0.500. The summed E-state index contributed by atoms with van der Waals surface area (Å²) in [4.78, 5) is 0. The number of halogens is 1. The van der Waals surface area contributed by atoms with Crippen molar-refractivity contribution in [1.29, 1.82) is 0 Å². The van der Waals surface area contributed by atoms with Crippen LogP contribution in [-0.2, 0) is 4.74 Å². The Morgan fingerprint density at radius 2 is 2.67 bits per heavy atom. The third-order valence-electron chi connectivity index (χ3n) is 0.412. The van der Waals surface area contributed by atoms with Crippen molar-refractivity contribution in [3.05, 3.63) is 0 Å². The van der Waals surface area contributed by atoms with Gasteiger partial charge in [-0.05, 0) is 0 Å². The SMILES string of the molecule is C1=N[NH2+]CO1.[Cl-]. The minimum absolute atomic E-state index is 0. The molecule has 0 saturated carbocycles. The van der Waals surface area contributed by atoms with Crippen molar-refractivity contribution >= 4 is 6.40 Å². The van der Waals surface area contributed by atoms with Crippen LogP contribution in [0.3, 0.4) is 0 Å². The van der Waals surface area contributed by atoms with Crippen LogP contribution in [0, 0.1) is 0 Å². The van der Waals surface area contributed by atoms with E-state index < -0.39 is 0 Å². The Hall–Kier alpha value is -0.280. The van der Waals surface area contributed by atoms with E-state index in [2.05, 4.69) is 9.84 Å². The second-order valence-corrected chi connectivity index (χ2v) is 0.770. The van der Waals surface area contributed by atoms with Gasteiger partial charge < -0.3 is 17.1 Å². The number of ether oxygens (including phenoxy) is 1. The van der Waals surface area contributed by atoms with E-state index in [0.717, 1.165) is 0 Å². The van der Waals surface area contributed by atoms with Gasteiger partial charge in [0.25, 0.3) is 0 Å². The summed E-state index contributed by atoms with van der Waals surface area (Å²) in [7, 11) is 0. The molecule has 6 heavy (non-hydrogen) atoms. The number of rotatable bonds is 0. The number of hydrogen-bond donors (Lipinski definition) is 1. The smallest absolute Gasteiger partial charge is 0.246 e. The predicted octanol–water partition coefficient (Wildman–Crippen LogP) is -4.52. The van der Waals surface area contributed by atoms with Gasteiger partial charge in [-0.3, -0.25) is 0 Å². The quantitative estimate of drug-likeness (QED) is 0.312. The molecule has 0 aromatic carbocycles. The molecule has 0 fully saturated rings. The van der Waals surface area contributed by atoms with Crippen molar-refractivity contribution in [1.82, 2.24) is 0 Å². The summed E-state index contributed by atoms with van der Waals surface area (Å²) < 4.78 is 4.60. The summed E-state index contributed by atoms with van der Waals surface area (Å²) in [6.45, 7) is 0.653. The average molecular weight is 109 g/mol. The monoisotopic (exact) mass is 108 g/mol. The lowest BCUT2D eigenvalue weighted by Crippen LogP contribution is -3.00. The first-order valence-corrected chi connectivity index (χ1v) is 1.45. The summed E-state index contributed by atoms with van der Waals surface area (Å²) in [5, 5.41) is 3.61. The highest BCUT2D eigenvalue weighted by atomic mass is 35.5. The van der Waals surface area contributed by atoms with E-state index in [-0.39, 0.29) is 12.4 Å². The van der Waals surface area contributed by atoms with Crippen LogP contribution in [-0.4, -0.2) is 13.1 Å². The Balaban J connectivity index is 0.000000250. The molecule has 0 aliphatic carbocycles. The number of nitrogens with zero attached hydrogens (tertiary/aromatic N) is 1. The summed E-state index contributed by atoms with van der Waals surface area (Å²) in [5.74, 6) is 0. The molecule has 0 amide bonds. The third kappa shape index (κ3) is 1.24. The van der Waals surface area contributed by atoms with Gasteiger partial charge in [-0.1, -0.05) is 5.10 Å². The minimum Gasteiger partial charge on any atom is -1.00 e. The highest BCUT2D eigenvalue weighted by Crippen LogP contribution is 1.57. The van der Waals surface area contributed by atoms with E-state index in [1.807, 2.05) is 0 Å². The van der Waals surface area contributed by atoms with Crippen LogP contribution in [0.4, 0.5) is 0 Å². The number of hydrogen-bond acceptors (Lipinski definition) is 2. The molecule has 0 aromatic rings. The van der Waals surface area contributed by atoms with Crippen LogP contribution in [0.5, 0.6) is 0 Å². The van der Waals surface area contributed by atoms with E-state index in [0.29, 0.717) is 6.73 Å². The molecule has 0 radical (unpaired) electrons. The van der Waals surface area contributed by atoms with Gasteiger partial charge in [0, 0.05) is 0 Å². The molecule has 1 heterocycles. The zero-order valence-electron chi connectivity index (χ0n) is 3.10. The van der Waals surface area contributed by atoms with Crippen molar-refractivity contribution in [2.45, 2.75) is 0 Å². The maximum atomic E-state index is 4.60. The fourth-order valence-corrected chi connectivity index (χ4v) is 0.215. The zero-order valence-corrected chi connectivity index (χ0v) is 3.85. The van der Waals surface area contributed by atoms with Crippen LogP contribution in [0.2, 0.25) is 0 Å². The first kappa shape index (κ1) is 5.72. The van der Waals surface area contributed by atoms with Crippen LogP contribution >= 0.6 is 0 Å². The second kappa shape index (κ2) is 2.93. The Kier molecular flexibility index (Phi) is 2.80. The zero-order chi connectivity index (χ0) is 3.54. The van der Waals surface area contributed by atoms with E-state index in [4.69, 9.17) is 0 Å². The normalized spacial score (nSPS) is 16.0. The molecular weight excluding hydrogens is 103 g/mol. The molecule has 0 unspecified atom stereocenters. The maximum absolute atomic E-state index is 4.60. The largest absolute Gasteiger partial charge is 1.00 e. The van der Waals surface area contributed by atoms with Gasteiger partial charge in [0.2, 0.25) is 13.1 Å².